The van der Waals surface area contributed by atoms with Gasteiger partial charge in [0.05, 0.1) is 17.2 Å². The molecule has 1 atom stereocenters. The third-order valence-corrected chi connectivity index (χ3v) is 6.43. The van der Waals surface area contributed by atoms with Crippen LogP contribution >= 0.6 is 24.0 Å². The summed E-state index contributed by atoms with van der Waals surface area (Å²) < 4.78 is 0. The molecule has 2 amide bonds. The summed E-state index contributed by atoms with van der Waals surface area (Å²) >= 11 is 0. The van der Waals surface area contributed by atoms with Crippen molar-refractivity contribution in [3.05, 3.63) is 71.3 Å². The molecule has 1 unspecified atom stereocenters. The maximum atomic E-state index is 12.5. The quantitative estimate of drug-likeness (QED) is 0.157. The second-order valence-corrected chi connectivity index (χ2v) is 8.56. The molecule has 2 aliphatic rings. The van der Waals surface area contributed by atoms with Crippen LogP contribution < -0.4 is 10.6 Å². The van der Waals surface area contributed by atoms with Crippen molar-refractivity contribution in [3.8, 4) is 0 Å². The number of amides is 2. The van der Waals surface area contributed by atoms with E-state index in [1.54, 1.807) is 31.3 Å². The van der Waals surface area contributed by atoms with Gasteiger partial charge in [0.2, 0.25) is 0 Å². The van der Waals surface area contributed by atoms with Crippen LogP contribution in [0.25, 0.3) is 0 Å². The number of carbonyl (C=O) groups is 2. The highest BCUT2D eigenvalue weighted by Crippen LogP contribution is 2.24. The minimum atomic E-state index is -0.185. The molecule has 1 saturated heterocycles. The number of unbranched alkanes of at least 4 members (excludes halogenated alkanes) is 1. The van der Waals surface area contributed by atoms with Crippen LogP contribution in [-0.2, 0) is 0 Å². The SMILES string of the molecule is CN=C(NCCCCN1C(=O)c2ccccc2C1=O)NCC(c1ccccc1)N1CCCC1.I. The van der Waals surface area contributed by atoms with Crippen molar-refractivity contribution < 1.29 is 9.59 Å². The molecular weight excluding hydrogens is 541 g/mol. The van der Waals surface area contributed by atoms with E-state index >= 15 is 0 Å². The average Bonchev–Trinajstić information content (AvgIpc) is 3.47. The van der Waals surface area contributed by atoms with E-state index in [9.17, 15) is 9.59 Å². The number of hydrogen-bond acceptors (Lipinski definition) is 4. The number of carbonyl (C=O) groups excluding carboxylic acids is 2. The summed E-state index contributed by atoms with van der Waals surface area (Å²) in [6.07, 6.45) is 4.09. The molecule has 34 heavy (non-hydrogen) atoms. The van der Waals surface area contributed by atoms with Crippen molar-refractivity contribution in [2.75, 3.05) is 39.8 Å². The minimum Gasteiger partial charge on any atom is -0.356 e. The molecule has 2 N–H and O–H groups in total. The summed E-state index contributed by atoms with van der Waals surface area (Å²) in [7, 11) is 1.78. The van der Waals surface area contributed by atoms with Crippen LogP contribution in [0, 0.1) is 0 Å². The third-order valence-electron chi connectivity index (χ3n) is 6.43. The lowest BCUT2D eigenvalue weighted by molar-refractivity contribution is 0.0652. The van der Waals surface area contributed by atoms with Gasteiger partial charge in [-0.2, -0.15) is 0 Å². The van der Waals surface area contributed by atoms with Gasteiger partial charge in [0.25, 0.3) is 11.8 Å². The van der Waals surface area contributed by atoms with Crippen LogP contribution in [-0.4, -0.2) is 67.3 Å². The molecule has 7 nitrogen and oxygen atoms in total. The summed E-state index contributed by atoms with van der Waals surface area (Å²) in [5.41, 5.74) is 2.34. The van der Waals surface area contributed by atoms with E-state index in [1.165, 1.54) is 23.3 Å². The lowest BCUT2D eigenvalue weighted by Gasteiger charge is -2.29. The number of guanidine groups is 1. The molecule has 0 bridgehead atoms. The van der Waals surface area contributed by atoms with Crippen molar-refractivity contribution in [2.24, 2.45) is 4.99 Å². The standard InChI is InChI=1S/C26H33N5O2.HI/c1-27-26(29-19-23(30-16-9-10-17-30)20-11-3-2-4-12-20)28-15-7-8-18-31-24(32)21-13-5-6-14-22(21)25(31)33;/h2-6,11-14,23H,7-10,15-19H2,1H3,(H2,27,28,29);1H. The second kappa shape index (κ2) is 12.9. The van der Waals surface area contributed by atoms with Crippen molar-refractivity contribution in [1.29, 1.82) is 0 Å². The van der Waals surface area contributed by atoms with Gasteiger partial charge in [-0.25, -0.2) is 0 Å². The van der Waals surface area contributed by atoms with E-state index in [0.29, 0.717) is 23.7 Å². The monoisotopic (exact) mass is 575 g/mol. The predicted octanol–water partition coefficient (Wildman–Crippen LogP) is 3.68. The first kappa shape index (κ1) is 26.2. The fourth-order valence-corrected chi connectivity index (χ4v) is 4.64. The Morgan fingerprint density at radius 1 is 0.912 bits per heavy atom. The van der Waals surface area contributed by atoms with E-state index in [1.807, 2.05) is 0 Å². The number of hydrogen-bond donors (Lipinski definition) is 2. The Labute approximate surface area is 219 Å². The number of nitrogens with zero attached hydrogens (tertiary/aromatic N) is 3. The zero-order chi connectivity index (χ0) is 23.0. The Hall–Kier alpha value is -2.46. The number of nitrogens with one attached hydrogen (secondary N) is 2. The lowest BCUT2D eigenvalue weighted by Crippen LogP contribution is -2.43. The molecule has 8 heteroatoms. The molecule has 4 rings (SSSR count). The molecule has 2 heterocycles. The van der Waals surface area contributed by atoms with Gasteiger partial charge in [-0.15, -0.1) is 24.0 Å². The highest BCUT2D eigenvalue weighted by Gasteiger charge is 2.34. The predicted molar refractivity (Wildman–Crippen MR) is 146 cm³/mol. The van der Waals surface area contributed by atoms with Crippen molar-refractivity contribution in [3.63, 3.8) is 0 Å². The minimum absolute atomic E-state index is 0. The van der Waals surface area contributed by atoms with E-state index < -0.39 is 0 Å². The molecule has 0 aliphatic carbocycles. The van der Waals surface area contributed by atoms with Gasteiger partial charge < -0.3 is 10.6 Å². The van der Waals surface area contributed by atoms with Crippen LogP contribution in [0.4, 0.5) is 0 Å². The van der Waals surface area contributed by atoms with E-state index in [2.05, 4.69) is 50.9 Å². The lowest BCUT2D eigenvalue weighted by atomic mass is 10.1. The first-order valence-corrected chi connectivity index (χ1v) is 11.9. The number of halogens is 1. The molecule has 2 aliphatic heterocycles. The van der Waals surface area contributed by atoms with Crippen molar-refractivity contribution in [1.82, 2.24) is 20.4 Å². The van der Waals surface area contributed by atoms with Crippen LogP contribution in [0.2, 0.25) is 0 Å². The van der Waals surface area contributed by atoms with Crippen molar-refractivity contribution >= 4 is 41.8 Å². The first-order valence-electron chi connectivity index (χ1n) is 11.9. The molecule has 0 radical (unpaired) electrons. The summed E-state index contributed by atoms with van der Waals surface area (Å²) in [4.78, 5) is 33.2. The molecule has 0 saturated carbocycles. The molecule has 0 aromatic heterocycles. The van der Waals surface area contributed by atoms with Gasteiger partial charge in [-0.3, -0.25) is 24.4 Å². The Morgan fingerprint density at radius 2 is 1.53 bits per heavy atom. The number of imide groups is 1. The Bertz CT molecular complexity index is 957. The Balaban J connectivity index is 0.00000324. The van der Waals surface area contributed by atoms with Gasteiger partial charge in [0.15, 0.2) is 5.96 Å². The Morgan fingerprint density at radius 3 is 2.15 bits per heavy atom. The van der Waals surface area contributed by atoms with Crippen LogP contribution in [0.1, 0.15) is 58.0 Å². The highest BCUT2D eigenvalue weighted by molar-refractivity contribution is 14.0. The maximum Gasteiger partial charge on any atom is 0.261 e. The van der Waals surface area contributed by atoms with Gasteiger partial charge in [0.1, 0.15) is 0 Å². The fourth-order valence-electron chi connectivity index (χ4n) is 4.64. The second-order valence-electron chi connectivity index (χ2n) is 8.56. The third kappa shape index (κ3) is 6.15. The average molecular weight is 575 g/mol. The first-order chi connectivity index (χ1) is 16.2. The van der Waals surface area contributed by atoms with Crippen molar-refractivity contribution in [2.45, 2.75) is 31.7 Å². The highest BCUT2D eigenvalue weighted by atomic mass is 127. The van der Waals surface area contributed by atoms with Crippen LogP contribution in [0.5, 0.6) is 0 Å². The number of aliphatic imine (C=N–C) groups is 1. The van der Waals surface area contributed by atoms with E-state index in [-0.39, 0.29) is 35.8 Å². The Kier molecular flexibility index (Phi) is 9.88. The van der Waals surface area contributed by atoms with Gasteiger partial charge in [-0.05, 0) is 56.5 Å². The molecule has 1 fully saturated rings. The maximum absolute atomic E-state index is 12.5. The zero-order valence-corrected chi connectivity index (χ0v) is 22.0. The summed E-state index contributed by atoms with van der Waals surface area (Å²) in [6.45, 7) is 4.21. The molecule has 0 spiro atoms. The fraction of sp³-hybridized carbons (Fsp3) is 0.423. The van der Waals surface area contributed by atoms with Crippen LogP contribution in [0.15, 0.2) is 59.6 Å². The summed E-state index contributed by atoms with van der Waals surface area (Å²) in [6, 6.07) is 18.0. The topological polar surface area (TPSA) is 77.0 Å². The molecular formula is C26H34IN5O2. The molecule has 182 valence electrons. The van der Waals surface area contributed by atoms with Gasteiger partial charge >= 0.3 is 0 Å². The number of benzene rings is 2. The summed E-state index contributed by atoms with van der Waals surface area (Å²) in [5.74, 6) is 0.403. The number of rotatable bonds is 9. The van der Waals surface area contributed by atoms with Crippen LogP contribution in [0.3, 0.4) is 0 Å². The van der Waals surface area contributed by atoms with Gasteiger partial charge in [0, 0.05) is 26.7 Å². The molecule has 2 aromatic carbocycles. The van der Waals surface area contributed by atoms with E-state index in [0.717, 1.165) is 45.0 Å². The van der Waals surface area contributed by atoms with Gasteiger partial charge in [-0.1, -0.05) is 42.5 Å². The largest absolute Gasteiger partial charge is 0.356 e. The smallest absolute Gasteiger partial charge is 0.261 e. The zero-order valence-electron chi connectivity index (χ0n) is 19.7. The van der Waals surface area contributed by atoms with E-state index in [4.69, 9.17) is 0 Å². The number of likely N-dealkylation sites (tertiary alicyclic amines) is 1. The molecule has 2 aromatic rings. The summed E-state index contributed by atoms with van der Waals surface area (Å²) in [5, 5.41) is 6.85. The number of fused-ring (bicyclic) bond motifs is 1. The normalized spacial score (nSPS) is 16.9.